The zero-order valence-corrected chi connectivity index (χ0v) is 15.4. The summed E-state index contributed by atoms with van der Waals surface area (Å²) in [4.78, 5) is 35.1. The maximum absolute atomic E-state index is 12.4. The van der Waals surface area contributed by atoms with Gasteiger partial charge in [0.1, 0.15) is 5.60 Å². The summed E-state index contributed by atoms with van der Waals surface area (Å²) in [6, 6.07) is 0. The quantitative estimate of drug-likeness (QED) is 0.289. The molecule has 2 N–H and O–H groups in total. The van der Waals surface area contributed by atoms with Crippen LogP contribution in [-0.2, 0) is 14.3 Å². The van der Waals surface area contributed by atoms with Crippen LogP contribution in [0.25, 0.3) is 0 Å². The number of nitrogens with one attached hydrogen (secondary N) is 1. The number of hydroxylamine groups is 2. The van der Waals surface area contributed by atoms with Gasteiger partial charge in [0.25, 0.3) is 0 Å². The van der Waals surface area contributed by atoms with Crippen LogP contribution in [0.4, 0.5) is 4.79 Å². The summed E-state index contributed by atoms with van der Waals surface area (Å²) in [7, 11) is 0. The van der Waals surface area contributed by atoms with Gasteiger partial charge in [-0.25, -0.2) is 14.9 Å². The summed E-state index contributed by atoms with van der Waals surface area (Å²) < 4.78 is 5.23. The Bertz CT molecular complexity index is 409. The molecule has 0 bridgehead atoms. The van der Waals surface area contributed by atoms with Gasteiger partial charge >= 0.3 is 6.09 Å². The van der Waals surface area contributed by atoms with Crippen LogP contribution in [0.15, 0.2) is 0 Å². The second kappa shape index (κ2) is 10.9. The van der Waals surface area contributed by atoms with Crippen molar-refractivity contribution in [3.05, 3.63) is 0 Å². The van der Waals surface area contributed by atoms with Gasteiger partial charge in [0.15, 0.2) is 0 Å². The van der Waals surface area contributed by atoms with Crippen molar-refractivity contribution >= 4 is 18.4 Å². The number of unbranched alkanes of at least 4 members (excludes halogenated alkanes) is 2. The van der Waals surface area contributed by atoms with Gasteiger partial charge in [-0.1, -0.05) is 26.2 Å². The molecule has 0 spiro atoms. The third-order valence-electron chi connectivity index (χ3n) is 3.23. The smallest absolute Gasteiger partial charge is 0.429 e. The molecular formula is C16H31N3O5. The molecule has 24 heavy (non-hydrogen) atoms. The molecule has 0 rings (SSSR count). The summed E-state index contributed by atoms with van der Waals surface area (Å²) >= 11 is 0. The van der Waals surface area contributed by atoms with Crippen LogP contribution in [0.5, 0.6) is 0 Å². The minimum absolute atomic E-state index is 0.120. The highest BCUT2D eigenvalue weighted by molar-refractivity contribution is 5.81. The van der Waals surface area contributed by atoms with Crippen LogP contribution in [0, 0.1) is 5.92 Å². The minimum atomic E-state index is -0.671. The summed E-state index contributed by atoms with van der Waals surface area (Å²) in [5.41, 5.74) is 1.84. The molecule has 0 radical (unpaired) electrons. The number of nitrogens with zero attached hydrogens (tertiary/aromatic N) is 2. The van der Waals surface area contributed by atoms with E-state index in [1.54, 1.807) is 27.7 Å². The zero-order valence-electron chi connectivity index (χ0n) is 15.4. The molecule has 0 aromatic heterocycles. The average Bonchev–Trinajstić information content (AvgIpc) is 2.49. The van der Waals surface area contributed by atoms with Gasteiger partial charge in [0, 0.05) is 6.54 Å². The zero-order chi connectivity index (χ0) is 18.8. The van der Waals surface area contributed by atoms with Crippen LogP contribution < -0.4 is 5.43 Å². The third kappa shape index (κ3) is 9.34. The predicted molar refractivity (Wildman–Crippen MR) is 88.9 cm³/mol. The van der Waals surface area contributed by atoms with Gasteiger partial charge in [-0.15, -0.1) is 0 Å². The molecule has 8 nitrogen and oxygen atoms in total. The first-order valence-corrected chi connectivity index (χ1v) is 8.36. The van der Waals surface area contributed by atoms with E-state index in [2.05, 4.69) is 5.43 Å². The van der Waals surface area contributed by atoms with E-state index in [9.17, 15) is 19.6 Å². The Balaban J connectivity index is 4.84. The Labute approximate surface area is 144 Å². The number of hydrogen-bond acceptors (Lipinski definition) is 5. The SMILES string of the molecule is CCCCCC(CN(O)C=O)C(=O)NN(CC)C(=O)OC(C)(C)C. The molecule has 0 fully saturated rings. The highest BCUT2D eigenvalue weighted by Gasteiger charge is 2.26. The van der Waals surface area contributed by atoms with E-state index >= 15 is 0 Å². The molecule has 8 heteroatoms. The highest BCUT2D eigenvalue weighted by Crippen LogP contribution is 2.13. The number of hydrazine groups is 1. The van der Waals surface area contributed by atoms with E-state index < -0.39 is 23.5 Å². The lowest BCUT2D eigenvalue weighted by Gasteiger charge is -2.28. The van der Waals surface area contributed by atoms with Crippen molar-refractivity contribution in [2.75, 3.05) is 13.1 Å². The summed E-state index contributed by atoms with van der Waals surface area (Å²) in [5, 5.41) is 10.9. The summed E-state index contributed by atoms with van der Waals surface area (Å²) in [5.74, 6) is -1.04. The Morgan fingerprint density at radius 3 is 2.33 bits per heavy atom. The molecule has 0 aromatic carbocycles. The first-order valence-electron chi connectivity index (χ1n) is 8.36. The standard InChI is InChI=1S/C16H31N3O5/c1-6-8-9-10-13(11-18(23)12-20)14(21)17-19(7-2)15(22)24-16(3,4)5/h12-13,23H,6-11H2,1-5H3,(H,17,21). The van der Waals surface area contributed by atoms with E-state index in [1.807, 2.05) is 6.92 Å². The van der Waals surface area contributed by atoms with Crippen molar-refractivity contribution in [3.8, 4) is 0 Å². The maximum Gasteiger partial charge on any atom is 0.429 e. The molecule has 0 aromatic rings. The largest absolute Gasteiger partial charge is 0.442 e. The molecular weight excluding hydrogens is 314 g/mol. The lowest BCUT2D eigenvalue weighted by atomic mass is 10.0. The van der Waals surface area contributed by atoms with Crippen molar-refractivity contribution in [2.24, 2.45) is 5.92 Å². The van der Waals surface area contributed by atoms with Crippen LogP contribution in [0.3, 0.4) is 0 Å². The van der Waals surface area contributed by atoms with Crippen LogP contribution in [-0.4, -0.2) is 52.4 Å². The molecule has 1 atom stereocenters. The number of hydrogen-bond donors (Lipinski definition) is 2. The molecule has 140 valence electrons. The minimum Gasteiger partial charge on any atom is -0.442 e. The van der Waals surface area contributed by atoms with Crippen molar-refractivity contribution in [1.29, 1.82) is 0 Å². The Hall–Kier alpha value is -1.83. The summed E-state index contributed by atoms with van der Waals surface area (Å²) in [6.45, 7) is 9.08. The lowest BCUT2D eigenvalue weighted by molar-refractivity contribution is -0.155. The van der Waals surface area contributed by atoms with Crippen LogP contribution in [0.1, 0.15) is 60.3 Å². The molecule has 1 unspecified atom stereocenters. The fraction of sp³-hybridized carbons (Fsp3) is 0.812. The second-order valence-electron chi connectivity index (χ2n) is 6.62. The van der Waals surface area contributed by atoms with Gasteiger partial charge < -0.3 is 4.74 Å². The highest BCUT2D eigenvalue weighted by atomic mass is 16.6. The fourth-order valence-electron chi connectivity index (χ4n) is 2.01. The van der Waals surface area contributed by atoms with Crippen LogP contribution >= 0.6 is 0 Å². The first kappa shape index (κ1) is 22.2. The van der Waals surface area contributed by atoms with E-state index in [0.717, 1.165) is 24.3 Å². The molecule has 0 saturated heterocycles. The monoisotopic (exact) mass is 345 g/mol. The number of rotatable bonds is 9. The van der Waals surface area contributed by atoms with Crippen LogP contribution in [0.2, 0.25) is 0 Å². The number of amides is 3. The summed E-state index contributed by atoms with van der Waals surface area (Å²) in [6.07, 6.45) is 2.84. The van der Waals surface area contributed by atoms with E-state index in [0.29, 0.717) is 11.5 Å². The molecule has 0 aliphatic carbocycles. The topological polar surface area (TPSA) is 99.2 Å². The fourth-order valence-corrected chi connectivity index (χ4v) is 2.01. The predicted octanol–water partition coefficient (Wildman–Crippen LogP) is 2.32. The molecule has 0 aliphatic rings. The van der Waals surface area contributed by atoms with Gasteiger partial charge in [-0.05, 0) is 34.1 Å². The third-order valence-corrected chi connectivity index (χ3v) is 3.23. The number of carbonyl (C=O) groups excluding carboxylic acids is 3. The van der Waals surface area contributed by atoms with E-state index in [-0.39, 0.29) is 19.5 Å². The van der Waals surface area contributed by atoms with Crippen molar-refractivity contribution in [3.63, 3.8) is 0 Å². The van der Waals surface area contributed by atoms with Crippen molar-refractivity contribution < 1.29 is 24.3 Å². The average molecular weight is 345 g/mol. The van der Waals surface area contributed by atoms with Gasteiger partial charge in [0.2, 0.25) is 12.3 Å². The number of ether oxygens (including phenoxy) is 1. The molecule has 0 saturated carbocycles. The Morgan fingerprint density at radius 1 is 1.25 bits per heavy atom. The Kier molecular flexibility index (Phi) is 10.0. The normalized spacial score (nSPS) is 12.2. The van der Waals surface area contributed by atoms with Crippen molar-refractivity contribution in [1.82, 2.24) is 15.5 Å². The maximum atomic E-state index is 12.4. The lowest BCUT2D eigenvalue weighted by Crippen LogP contribution is -2.51. The van der Waals surface area contributed by atoms with E-state index in [1.165, 1.54) is 0 Å². The number of carbonyl (C=O) groups is 3. The Morgan fingerprint density at radius 2 is 1.88 bits per heavy atom. The molecule has 0 aliphatic heterocycles. The van der Waals surface area contributed by atoms with Crippen molar-refractivity contribution in [2.45, 2.75) is 65.9 Å². The van der Waals surface area contributed by atoms with Gasteiger partial charge in [0.05, 0.1) is 12.5 Å². The second-order valence-corrected chi connectivity index (χ2v) is 6.62. The van der Waals surface area contributed by atoms with Gasteiger partial charge in [-0.2, -0.15) is 0 Å². The molecule has 0 heterocycles. The first-order chi connectivity index (χ1) is 11.1. The molecule has 3 amide bonds. The van der Waals surface area contributed by atoms with E-state index in [4.69, 9.17) is 4.74 Å². The van der Waals surface area contributed by atoms with Gasteiger partial charge in [-0.3, -0.25) is 20.2 Å².